The number of ether oxygens (including phenoxy) is 1. The van der Waals surface area contributed by atoms with E-state index >= 15 is 0 Å². The lowest BCUT2D eigenvalue weighted by atomic mass is 10.0. The number of unbranched alkanes of at least 4 members (excludes halogenated alkanes) is 1. The summed E-state index contributed by atoms with van der Waals surface area (Å²) in [5, 5.41) is 3.34. The minimum absolute atomic E-state index is 0.167. The first-order valence-electron chi connectivity index (χ1n) is 7.37. The molecule has 1 fully saturated rings. The number of carbonyl (C=O) groups excluding carboxylic acids is 1. The van der Waals surface area contributed by atoms with Gasteiger partial charge >= 0.3 is 0 Å². The van der Waals surface area contributed by atoms with Crippen LogP contribution < -0.4 is 5.32 Å². The lowest BCUT2D eigenvalue weighted by Gasteiger charge is -2.34. The molecule has 106 valence electrons. The maximum atomic E-state index is 12.2. The van der Waals surface area contributed by atoms with E-state index in [2.05, 4.69) is 19.2 Å². The summed E-state index contributed by atoms with van der Waals surface area (Å²) in [5.41, 5.74) is 0. The van der Waals surface area contributed by atoms with Crippen molar-refractivity contribution in [2.75, 3.05) is 32.8 Å². The van der Waals surface area contributed by atoms with Crippen molar-refractivity contribution in [1.82, 2.24) is 10.2 Å². The first-order chi connectivity index (χ1) is 8.79. The third-order valence-electron chi connectivity index (χ3n) is 3.40. The van der Waals surface area contributed by atoms with Crippen LogP contribution in [0.1, 0.15) is 46.0 Å². The number of amides is 1. The third kappa shape index (κ3) is 5.36. The quantitative estimate of drug-likeness (QED) is 0.673. The molecule has 1 saturated heterocycles. The number of carbonyl (C=O) groups is 1. The van der Waals surface area contributed by atoms with Gasteiger partial charge in [0.25, 0.3) is 0 Å². The average molecular weight is 256 g/mol. The van der Waals surface area contributed by atoms with Gasteiger partial charge in [-0.05, 0) is 38.8 Å². The van der Waals surface area contributed by atoms with Gasteiger partial charge in [-0.2, -0.15) is 0 Å². The van der Waals surface area contributed by atoms with Crippen LogP contribution in [0.3, 0.4) is 0 Å². The van der Waals surface area contributed by atoms with E-state index in [1.807, 2.05) is 4.90 Å². The Bertz CT molecular complexity index is 228. The second kappa shape index (κ2) is 9.34. The normalized spacial score (nSPS) is 16.8. The molecule has 1 N–H and O–H groups in total. The minimum Gasteiger partial charge on any atom is -0.372 e. The Morgan fingerprint density at radius 2 is 2.00 bits per heavy atom. The van der Waals surface area contributed by atoms with Gasteiger partial charge in [-0.15, -0.1) is 0 Å². The number of piperidine rings is 1. The van der Waals surface area contributed by atoms with E-state index < -0.39 is 0 Å². The predicted octanol–water partition coefficient (Wildman–Crippen LogP) is 1.79. The highest BCUT2D eigenvalue weighted by molar-refractivity contribution is 5.77. The van der Waals surface area contributed by atoms with Crippen molar-refractivity contribution in [1.29, 1.82) is 0 Å². The number of hydrogen-bond acceptors (Lipinski definition) is 3. The Balaban J connectivity index is 2.36. The standard InChI is InChI=1S/C14H28N2O2/c1-3-5-11-18-12-14(17)16(10-4-2)13-6-8-15-9-7-13/h13,15H,3-12H2,1-2H3. The fraction of sp³-hybridized carbons (Fsp3) is 0.929. The van der Waals surface area contributed by atoms with Crippen molar-refractivity contribution >= 4 is 5.91 Å². The number of hydrogen-bond donors (Lipinski definition) is 1. The smallest absolute Gasteiger partial charge is 0.248 e. The molecule has 0 aliphatic carbocycles. The van der Waals surface area contributed by atoms with Gasteiger partial charge in [-0.25, -0.2) is 0 Å². The zero-order valence-electron chi connectivity index (χ0n) is 11.9. The predicted molar refractivity (Wildman–Crippen MR) is 73.6 cm³/mol. The Labute approximate surface area is 111 Å². The summed E-state index contributed by atoms with van der Waals surface area (Å²) in [6.07, 6.45) is 5.31. The largest absolute Gasteiger partial charge is 0.372 e. The van der Waals surface area contributed by atoms with E-state index in [0.717, 1.165) is 51.7 Å². The Hall–Kier alpha value is -0.610. The molecule has 1 heterocycles. The third-order valence-corrected chi connectivity index (χ3v) is 3.40. The van der Waals surface area contributed by atoms with E-state index in [0.29, 0.717) is 12.6 Å². The van der Waals surface area contributed by atoms with Gasteiger partial charge in [0.1, 0.15) is 6.61 Å². The molecule has 18 heavy (non-hydrogen) atoms. The number of nitrogens with zero attached hydrogens (tertiary/aromatic N) is 1. The highest BCUT2D eigenvalue weighted by Gasteiger charge is 2.24. The van der Waals surface area contributed by atoms with Crippen LogP contribution in [0.4, 0.5) is 0 Å². The minimum atomic E-state index is 0.167. The molecule has 0 atom stereocenters. The van der Waals surface area contributed by atoms with Crippen LogP contribution >= 0.6 is 0 Å². The van der Waals surface area contributed by atoms with Crippen LogP contribution in [0.15, 0.2) is 0 Å². The zero-order valence-corrected chi connectivity index (χ0v) is 11.9. The Morgan fingerprint density at radius 3 is 2.61 bits per heavy atom. The first kappa shape index (κ1) is 15.4. The SMILES string of the molecule is CCCCOCC(=O)N(CCC)C1CCNCC1. The fourth-order valence-electron chi connectivity index (χ4n) is 2.36. The van der Waals surface area contributed by atoms with E-state index in [4.69, 9.17) is 4.74 Å². The van der Waals surface area contributed by atoms with Crippen LogP contribution in [0, 0.1) is 0 Å². The van der Waals surface area contributed by atoms with Crippen LogP contribution in [0.2, 0.25) is 0 Å². The van der Waals surface area contributed by atoms with Crippen molar-refractivity contribution in [2.45, 2.75) is 52.0 Å². The van der Waals surface area contributed by atoms with Crippen molar-refractivity contribution in [3.8, 4) is 0 Å². The maximum absolute atomic E-state index is 12.2. The summed E-state index contributed by atoms with van der Waals surface area (Å²) in [6.45, 7) is 8.12. The van der Waals surface area contributed by atoms with Gasteiger partial charge in [0, 0.05) is 19.2 Å². The molecule has 1 rings (SSSR count). The summed E-state index contributed by atoms with van der Waals surface area (Å²) in [5.74, 6) is 0.167. The van der Waals surface area contributed by atoms with E-state index in [1.165, 1.54) is 0 Å². The molecule has 0 spiro atoms. The van der Waals surface area contributed by atoms with Gasteiger partial charge < -0.3 is 15.0 Å². The average Bonchev–Trinajstić information content (AvgIpc) is 2.41. The molecule has 1 aliphatic rings. The lowest BCUT2D eigenvalue weighted by Crippen LogP contribution is -2.47. The number of rotatable bonds is 8. The summed E-state index contributed by atoms with van der Waals surface area (Å²) in [7, 11) is 0. The topological polar surface area (TPSA) is 41.6 Å². The molecule has 0 aromatic carbocycles. The van der Waals surface area contributed by atoms with Gasteiger partial charge in [-0.3, -0.25) is 4.79 Å². The molecular weight excluding hydrogens is 228 g/mol. The summed E-state index contributed by atoms with van der Waals surface area (Å²) in [6, 6.07) is 0.411. The first-order valence-corrected chi connectivity index (χ1v) is 7.37. The molecule has 0 unspecified atom stereocenters. The maximum Gasteiger partial charge on any atom is 0.248 e. The van der Waals surface area contributed by atoms with Crippen LogP contribution in [0.5, 0.6) is 0 Å². The second-order valence-electron chi connectivity index (χ2n) is 4.97. The Kier molecular flexibility index (Phi) is 8.01. The van der Waals surface area contributed by atoms with E-state index in [-0.39, 0.29) is 12.5 Å². The summed E-state index contributed by atoms with van der Waals surface area (Å²) < 4.78 is 5.45. The molecular formula is C14H28N2O2. The highest BCUT2D eigenvalue weighted by atomic mass is 16.5. The zero-order chi connectivity index (χ0) is 13.2. The molecule has 4 heteroatoms. The Morgan fingerprint density at radius 1 is 1.28 bits per heavy atom. The highest BCUT2D eigenvalue weighted by Crippen LogP contribution is 2.13. The van der Waals surface area contributed by atoms with Crippen LogP contribution in [0.25, 0.3) is 0 Å². The van der Waals surface area contributed by atoms with Crippen LogP contribution in [-0.2, 0) is 9.53 Å². The molecule has 0 bridgehead atoms. The fourth-order valence-corrected chi connectivity index (χ4v) is 2.36. The number of nitrogens with one attached hydrogen (secondary N) is 1. The van der Waals surface area contributed by atoms with Gasteiger partial charge in [0.15, 0.2) is 0 Å². The lowest BCUT2D eigenvalue weighted by molar-refractivity contribution is -0.139. The molecule has 1 amide bonds. The second-order valence-corrected chi connectivity index (χ2v) is 4.97. The monoisotopic (exact) mass is 256 g/mol. The van der Waals surface area contributed by atoms with E-state index in [1.54, 1.807) is 0 Å². The van der Waals surface area contributed by atoms with Crippen LogP contribution in [-0.4, -0.2) is 49.7 Å². The van der Waals surface area contributed by atoms with Crippen molar-refractivity contribution < 1.29 is 9.53 Å². The molecule has 0 aromatic heterocycles. The molecule has 0 saturated carbocycles. The van der Waals surface area contributed by atoms with Crippen molar-refractivity contribution in [2.24, 2.45) is 0 Å². The summed E-state index contributed by atoms with van der Waals surface area (Å²) in [4.78, 5) is 14.2. The van der Waals surface area contributed by atoms with Gasteiger partial charge in [0.05, 0.1) is 0 Å². The molecule has 0 radical (unpaired) electrons. The van der Waals surface area contributed by atoms with Gasteiger partial charge in [0.2, 0.25) is 5.91 Å². The molecule has 1 aliphatic heterocycles. The summed E-state index contributed by atoms with van der Waals surface area (Å²) >= 11 is 0. The van der Waals surface area contributed by atoms with Gasteiger partial charge in [-0.1, -0.05) is 20.3 Å². The van der Waals surface area contributed by atoms with E-state index in [9.17, 15) is 4.79 Å². The van der Waals surface area contributed by atoms with Crippen molar-refractivity contribution in [3.63, 3.8) is 0 Å². The molecule has 0 aromatic rings. The van der Waals surface area contributed by atoms with Crippen molar-refractivity contribution in [3.05, 3.63) is 0 Å². The molecule has 4 nitrogen and oxygen atoms in total.